The summed E-state index contributed by atoms with van der Waals surface area (Å²) in [6.45, 7) is -1.42. The summed E-state index contributed by atoms with van der Waals surface area (Å²) in [5, 5.41) is 11.0. The number of aromatic hydroxyl groups is 1. The number of phenolic OH excluding ortho intramolecular Hbond substituents is 1. The molecule has 0 saturated carbocycles. The fourth-order valence-electron chi connectivity index (χ4n) is 0.966. The Hall–Kier alpha value is -0.990. The Labute approximate surface area is 103 Å². The van der Waals surface area contributed by atoms with E-state index in [0.29, 0.717) is 3.57 Å². The van der Waals surface area contributed by atoms with Gasteiger partial charge in [-0.25, -0.2) is 0 Å². The van der Waals surface area contributed by atoms with Crippen molar-refractivity contribution < 1.29 is 23.1 Å². The molecular formula is C9H7F3INO2. The highest BCUT2D eigenvalue weighted by Gasteiger charge is 2.28. The number of halogens is 4. The van der Waals surface area contributed by atoms with Crippen LogP contribution in [0.1, 0.15) is 10.4 Å². The second kappa shape index (κ2) is 4.89. The minimum absolute atomic E-state index is 0.170. The predicted molar refractivity (Wildman–Crippen MR) is 59.2 cm³/mol. The number of amides is 1. The molecule has 0 aromatic heterocycles. The summed E-state index contributed by atoms with van der Waals surface area (Å²) < 4.78 is 36.1. The van der Waals surface area contributed by atoms with Crippen molar-refractivity contribution in [3.63, 3.8) is 0 Å². The van der Waals surface area contributed by atoms with Crippen molar-refractivity contribution in [2.45, 2.75) is 6.18 Å². The van der Waals surface area contributed by atoms with E-state index < -0.39 is 18.6 Å². The lowest BCUT2D eigenvalue weighted by Gasteiger charge is -2.09. The average molecular weight is 345 g/mol. The molecule has 1 aromatic carbocycles. The maximum absolute atomic E-state index is 11.8. The molecule has 7 heteroatoms. The van der Waals surface area contributed by atoms with Crippen LogP contribution >= 0.6 is 22.6 Å². The molecule has 0 heterocycles. The molecule has 3 nitrogen and oxygen atoms in total. The molecule has 16 heavy (non-hydrogen) atoms. The van der Waals surface area contributed by atoms with Crippen LogP contribution in [0.3, 0.4) is 0 Å². The van der Waals surface area contributed by atoms with Crippen molar-refractivity contribution in [3.8, 4) is 5.75 Å². The first-order chi connectivity index (χ1) is 7.29. The quantitative estimate of drug-likeness (QED) is 0.809. The van der Waals surface area contributed by atoms with Gasteiger partial charge in [0.2, 0.25) is 0 Å². The lowest BCUT2D eigenvalue weighted by molar-refractivity contribution is -0.123. The molecule has 0 unspecified atom stereocenters. The van der Waals surface area contributed by atoms with Crippen molar-refractivity contribution >= 4 is 28.5 Å². The van der Waals surface area contributed by atoms with Gasteiger partial charge in [-0.05, 0) is 40.8 Å². The van der Waals surface area contributed by atoms with Crippen LogP contribution in [0.25, 0.3) is 0 Å². The third-order valence-corrected chi connectivity index (χ3v) is 2.32. The van der Waals surface area contributed by atoms with Gasteiger partial charge in [-0.3, -0.25) is 4.79 Å². The number of carbonyl (C=O) groups excluding carboxylic acids is 1. The molecule has 0 radical (unpaired) electrons. The molecule has 1 aromatic rings. The minimum Gasteiger partial charge on any atom is -0.507 e. The van der Waals surface area contributed by atoms with Gasteiger partial charge in [0.1, 0.15) is 12.3 Å². The topological polar surface area (TPSA) is 49.3 Å². The molecule has 0 aliphatic carbocycles. The van der Waals surface area contributed by atoms with E-state index in [4.69, 9.17) is 0 Å². The second-order valence-electron chi connectivity index (χ2n) is 2.96. The van der Waals surface area contributed by atoms with Crippen LogP contribution in [0.2, 0.25) is 0 Å². The van der Waals surface area contributed by atoms with Crippen LogP contribution < -0.4 is 5.32 Å². The minimum atomic E-state index is -4.47. The van der Waals surface area contributed by atoms with E-state index >= 15 is 0 Å². The molecule has 1 rings (SSSR count). The van der Waals surface area contributed by atoms with Crippen LogP contribution in [0.5, 0.6) is 5.75 Å². The van der Waals surface area contributed by atoms with E-state index in [-0.39, 0.29) is 11.3 Å². The second-order valence-corrected chi connectivity index (χ2v) is 4.20. The number of benzene rings is 1. The summed E-state index contributed by atoms with van der Waals surface area (Å²) in [6, 6.07) is 4.10. The van der Waals surface area contributed by atoms with Crippen LogP contribution in [0.15, 0.2) is 18.2 Å². The summed E-state index contributed by atoms with van der Waals surface area (Å²) in [7, 11) is 0. The first-order valence-corrected chi connectivity index (χ1v) is 5.21. The number of hydrogen-bond acceptors (Lipinski definition) is 2. The molecule has 0 aliphatic heterocycles. The van der Waals surface area contributed by atoms with Gasteiger partial charge >= 0.3 is 6.18 Å². The highest BCUT2D eigenvalue weighted by Crippen LogP contribution is 2.20. The van der Waals surface area contributed by atoms with Crippen molar-refractivity contribution in [2.24, 2.45) is 0 Å². The first-order valence-electron chi connectivity index (χ1n) is 4.13. The molecule has 0 spiro atoms. The fraction of sp³-hybridized carbons (Fsp3) is 0.222. The van der Waals surface area contributed by atoms with E-state index in [0.717, 1.165) is 0 Å². The number of carbonyl (C=O) groups is 1. The number of phenols is 1. The van der Waals surface area contributed by atoms with Gasteiger partial charge < -0.3 is 10.4 Å². The molecule has 88 valence electrons. The van der Waals surface area contributed by atoms with Gasteiger partial charge in [0, 0.05) is 3.57 Å². The Morgan fingerprint density at radius 3 is 2.62 bits per heavy atom. The highest BCUT2D eigenvalue weighted by atomic mass is 127. The molecule has 1 amide bonds. The predicted octanol–water partition coefficient (Wildman–Crippen LogP) is 2.29. The zero-order valence-electron chi connectivity index (χ0n) is 7.81. The number of rotatable bonds is 2. The van der Waals surface area contributed by atoms with Gasteiger partial charge in [-0.15, -0.1) is 0 Å². The normalized spacial score (nSPS) is 11.2. The molecule has 0 fully saturated rings. The summed E-state index contributed by atoms with van der Waals surface area (Å²) >= 11 is 1.89. The molecule has 0 saturated heterocycles. The van der Waals surface area contributed by atoms with Gasteiger partial charge in [0.15, 0.2) is 0 Å². The van der Waals surface area contributed by atoms with E-state index in [2.05, 4.69) is 0 Å². The fourth-order valence-corrected chi connectivity index (χ4v) is 1.46. The molecular weight excluding hydrogens is 338 g/mol. The largest absolute Gasteiger partial charge is 0.507 e. The smallest absolute Gasteiger partial charge is 0.405 e. The zero-order chi connectivity index (χ0) is 12.3. The Bertz CT molecular complexity index is 406. The van der Waals surface area contributed by atoms with Crippen LogP contribution in [0, 0.1) is 3.57 Å². The Morgan fingerprint density at radius 2 is 2.06 bits per heavy atom. The Morgan fingerprint density at radius 1 is 1.44 bits per heavy atom. The number of nitrogens with one attached hydrogen (secondary N) is 1. The number of hydrogen-bond donors (Lipinski definition) is 2. The first kappa shape index (κ1) is 13.1. The molecule has 2 N–H and O–H groups in total. The average Bonchev–Trinajstić information content (AvgIpc) is 2.17. The van der Waals surface area contributed by atoms with Crippen LogP contribution in [0.4, 0.5) is 13.2 Å². The summed E-state index contributed by atoms with van der Waals surface area (Å²) in [5.74, 6) is -1.30. The third-order valence-electron chi connectivity index (χ3n) is 1.65. The third kappa shape index (κ3) is 3.87. The van der Waals surface area contributed by atoms with Crippen molar-refractivity contribution in [1.82, 2.24) is 5.32 Å². The van der Waals surface area contributed by atoms with E-state index in [1.54, 1.807) is 5.32 Å². The zero-order valence-corrected chi connectivity index (χ0v) is 9.96. The molecule has 0 aliphatic rings. The highest BCUT2D eigenvalue weighted by molar-refractivity contribution is 14.1. The van der Waals surface area contributed by atoms with Crippen molar-refractivity contribution in [3.05, 3.63) is 27.3 Å². The number of alkyl halides is 3. The Kier molecular flexibility index (Phi) is 4.00. The van der Waals surface area contributed by atoms with Crippen molar-refractivity contribution in [2.75, 3.05) is 6.54 Å². The monoisotopic (exact) mass is 345 g/mol. The Balaban J connectivity index is 2.77. The van der Waals surface area contributed by atoms with Crippen LogP contribution in [-0.2, 0) is 0 Å². The summed E-state index contributed by atoms with van der Waals surface area (Å²) in [4.78, 5) is 11.3. The standard InChI is InChI=1S/C9H7F3INO2/c10-9(11,12)4-14-8(16)6-3-5(13)1-2-7(6)15/h1-3,15H,4H2,(H,14,16). The van der Waals surface area contributed by atoms with Gasteiger partial charge in [-0.1, -0.05) is 0 Å². The van der Waals surface area contributed by atoms with Crippen LogP contribution in [-0.4, -0.2) is 23.7 Å². The SMILES string of the molecule is O=C(NCC(F)(F)F)c1cc(I)ccc1O. The lowest BCUT2D eigenvalue weighted by atomic mass is 10.2. The summed E-state index contributed by atoms with van der Waals surface area (Å²) in [5.41, 5.74) is -0.170. The van der Waals surface area contributed by atoms with E-state index in [1.807, 2.05) is 22.6 Å². The van der Waals surface area contributed by atoms with E-state index in [9.17, 15) is 23.1 Å². The van der Waals surface area contributed by atoms with Gasteiger partial charge in [0.05, 0.1) is 5.56 Å². The molecule has 0 bridgehead atoms. The van der Waals surface area contributed by atoms with Gasteiger partial charge in [-0.2, -0.15) is 13.2 Å². The summed E-state index contributed by atoms with van der Waals surface area (Å²) in [6.07, 6.45) is -4.47. The maximum Gasteiger partial charge on any atom is 0.405 e. The lowest BCUT2D eigenvalue weighted by Crippen LogP contribution is -2.33. The van der Waals surface area contributed by atoms with E-state index in [1.165, 1.54) is 18.2 Å². The van der Waals surface area contributed by atoms with Crippen molar-refractivity contribution in [1.29, 1.82) is 0 Å². The van der Waals surface area contributed by atoms with Gasteiger partial charge in [0.25, 0.3) is 5.91 Å². The maximum atomic E-state index is 11.8. The molecule has 0 atom stereocenters.